The van der Waals surface area contributed by atoms with Gasteiger partial charge in [0.1, 0.15) is 0 Å². The van der Waals surface area contributed by atoms with Crippen molar-refractivity contribution in [1.29, 1.82) is 0 Å². The number of rotatable bonds is 5. The van der Waals surface area contributed by atoms with Gasteiger partial charge in [0.2, 0.25) is 5.91 Å². The highest BCUT2D eigenvalue weighted by molar-refractivity contribution is 7.80. The number of aryl methyl sites for hydroxylation is 1. The normalized spacial score (nSPS) is 12.1. The number of thiophene rings is 1. The average molecular weight is 256 g/mol. The number of carbonyl (C=O) groups excluding carboxylic acids is 1. The molecule has 1 unspecified atom stereocenters. The van der Waals surface area contributed by atoms with Crippen LogP contribution >= 0.6 is 23.6 Å². The number of carbonyl (C=O) groups is 1. The molecular formula is C11H16N2OS2. The summed E-state index contributed by atoms with van der Waals surface area (Å²) in [6.07, 6.45) is 0.643. The van der Waals surface area contributed by atoms with E-state index in [1.165, 1.54) is 5.56 Å². The molecule has 1 rings (SSSR count). The minimum Gasteiger partial charge on any atom is -0.393 e. The molecule has 3 N–H and O–H groups in total. The summed E-state index contributed by atoms with van der Waals surface area (Å²) in [6.45, 7) is 4.48. The highest BCUT2D eigenvalue weighted by atomic mass is 32.1. The highest BCUT2D eigenvalue weighted by Crippen LogP contribution is 2.13. The molecule has 0 spiro atoms. The number of hydrogen-bond acceptors (Lipinski definition) is 3. The van der Waals surface area contributed by atoms with Crippen LogP contribution in [0, 0.1) is 12.8 Å². The molecule has 0 bridgehead atoms. The van der Waals surface area contributed by atoms with E-state index in [2.05, 4.69) is 10.7 Å². The number of amides is 1. The van der Waals surface area contributed by atoms with Gasteiger partial charge in [0.25, 0.3) is 0 Å². The number of nitrogens with two attached hydrogens (primary N) is 1. The van der Waals surface area contributed by atoms with Gasteiger partial charge in [0.15, 0.2) is 0 Å². The van der Waals surface area contributed by atoms with Crippen LogP contribution < -0.4 is 11.1 Å². The van der Waals surface area contributed by atoms with Crippen LogP contribution in [0.1, 0.15) is 24.5 Å². The summed E-state index contributed by atoms with van der Waals surface area (Å²) in [6, 6.07) is 0. The minimum atomic E-state index is -0.353. The van der Waals surface area contributed by atoms with E-state index < -0.39 is 0 Å². The van der Waals surface area contributed by atoms with Crippen LogP contribution in [-0.2, 0) is 11.3 Å². The van der Waals surface area contributed by atoms with Gasteiger partial charge in [-0.2, -0.15) is 11.3 Å². The van der Waals surface area contributed by atoms with Crippen molar-refractivity contribution in [3.05, 3.63) is 21.9 Å². The maximum Gasteiger partial charge on any atom is 0.230 e. The summed E-state index contributed by atoms with van der Waals surface area (Å²) in [4.78, 5) is 12.0. The second-order valence-electron chi connectivity index (χ2n) is 3.66. The summed E-state index contributed by atoms with van der Waals surface area (Å²) >= 11 is 6.49. The van der Waals surface area contributed by atoms with Crippen molar-refractivity contribution in [1.82, 2.24) is 5.32 Å². The average Bonchev–Trinajstić information content (AvgIpc) is 2.61. The standard InChI is InChI=1S/C11H16N2OS2/c1-3-9(10(12)15)11(14)13-4-8-6-16-5-7(8)2/h5-6,9H,3-4H2,1-2H3,(H2,12,15)(H,13,14). The van der Waals surface area contributed by atoms with E-state index >= 15 is 0 Å². The summed E-state index contributed by atoms with van der Waals surface area (Å²) < 4.78 is 0. The molecule has 0 aromatic carbocycles. The van der Waals surface area contributed by atoms with E-state index in [0.717, 1.165) is 5.56 Å². The van der Waals surface area contributed by atoms with Crippen molar-refractivity contribution in [2.75, 3.05) is 0 Å². The molecule has 0 saturated heterocycles. The van der Waals surface area contributed by atoms with Crippen molar-refractivity contribution in [3.8, 4) is 0 Å². The lowest BCUT2D eigenvalue weighted by atomic mass is 10.1. The molecule has 1 heterocycles. The number of nitrogens with one attached hydrogen (secondary N) is 1. The van der Waals surface area contributed by atoms with E-state index in [1.807, 2.05) is 19.2 Å². The lowest BCUT2D eigenvalue weighted by Gasteiger charge is -2.13. The van der Waals surface area contributed by atoms with Gasteiger partial charge in [-0.1, -0.05) is 19.1 Å². The predicted molar refractivity (Wildman–Crippen MR) is 71.5 cm³/mol. The van der Waals surface area contributed by atoms with Gasteiger partial charge in [0.05, 0.1) is 10.9 Å². The van der Waals surface area contributed by atoms with Gasteiger partial charge in [-0.3, -0.25) is 4.79 Å². The Hall–Kier alpha value is -0.940. The molecule has 0 aliphatic heterocycles. The van der Waals surface area contributed by atoms with Crippen LogP contribution in [0.5, 0.6) is 0 Å². The van der Waals surface area contributed by atoms with Crippen LogP contribution in [0.3, 0.4) is 0 Å². The first-order valence-electron chi connectivity index (χ1n) is 5.15. The Bertz CT molecular complexity index is 387. The Labute approximate surface area is 105 Å². The second kappa shape index (κ2) is 5.96. The van der Waals surface area contributed by atoms with Crippen molar-refractivity contribution in [2.45, 2.75) is 26.8 Å². The fourth-order valence-electron chi connectivity index (χ4n) is 1.39. The molecule has 1 aromatic heterocycles. The van der Waals surface area contributed by atoms with Crippen LogP contribution in [0.4, 0.5) is 0 Å². The zero-order valence-electron chi connectivity index (χ0n) is 9.45. The monoisotopic (exact) mass is 256 g/mol. The quantitative estimate of drug-likeness (QED) is 0.792. The van der Waals surface area contributed by atoms with Gasteiger partial charge < -0.3 is 11.1 Å². The molecule has 0 aliphatic rings. The van der Waals surface area contributed by atoms with E-state index in [-0.39, 0.29) is 16.8 Å². The van der Waals surface area contributed by atoms with Crippen molar-refractivity contribution < 1.29 is 4.79 Å². The molecule has 3 nitrogen and oxygen atoms in total. The number of thiocarbonyl (C=S) groups is 1. The molecule has 1 aromatic rings. The SMILES string of the molecule is CCC(C(=O)NCc1cscc1C)C(N)=S. The molecule has 1 amide bonds. The molecule has 1 atom stereocenters. The largest absolute Gasteiger partial charge is 0.393 e. The lowest BCUT2D eigenvalue weighted by Crippen LogP contribution is -2.37. The molecule has 0 aliphatic carbocycles. The first kappa shape index (κ1) is 13.1. The second-order valence-corrected chi connectivity index (χ2v) is 4.88. The van der Waals surface area contributed by atoms with Gasteiger partial charge in [0, 0.05) is 6.54 Å². The minimum absolute atomic E-state index is 0.0828. The van der Waals surface area contributed by atoms with Crippen LogP contribution in [0.25, 0.3) is 0 Å². The third-order valence-corrected chi connectivity index (χ3v) is 3.68. The topological polar surface area (TPSA) is 55.1 Å². The summed E-state index contributed by atoms with van der Waals surface area (Å²) in [5.41, 5.74) is 7.85. The van der Waals surface area contributed by atoms with Gasteiger partial charge >= 0.3 is 0 Å². The van der Waals surface area contributed by atoms with Crippen molar-refractivity contribution >= 4 is 34.5 Å². The molecule has 0 fully saturated rings. The van der Waals surface area contributed by atoms with Crippen LogP contribution in [-0.4, -0.2) is 10.9 Å². The van der Waals surface area contributed by atoms with E-state index in [4.69, 9.17) is 18.0 Å². The lowest BCUT2D eigenvalue weighted by molar-refractivity contribution is -0.123. The fraction of sp³-hybridized carbons (Fsp3) is 0.455. The Kier molecular flexibility index (Phi) is 4.89. The first-order valence-corrected chi connectivity index (χ1v) is 6.50. The first-order chi connectivity index (χ1) is 7.56. The molecule has 0 saturated carbocycles. The zero-order valence-corrected chi connectivity index (χ0v) is 11.1. The fourth-order valence-corrected chi connectivity index (χ4v) is 2.52. The summed E-state index contributed by atoms with van der Waals surface area (Å²) in [7, 11) is 0. The molecule has 16 heavy (non-hydrogen) atoms. The van der Waals surface area contributed by atoms with Gasteiger partial charge in [-0.25, -0.2) is 0 Å². The molecule has 5 heteroatoms. The summed E-state index contributed by atoms with van der Waals surface area (Å²) in [5, 5.41) is 6.96. The van der Waals surface area contributed by atoms with Gasteiger partial charge in [-0.05, 0) is 35.2 Å². The van der Waals surface area contributed by atoms with Crippen LogP contribution in [0.15, 0.2) is 10.8 Å². The van der Waals surface area contributed by atoms with Crippen molar-refractivity contribution in [2.24, 2.45) is 11.7 Å². The van der Waals surface area contributed by atoms with E-state index in [0.29, 0.717) is 13.0 Å². The Morgan fingerprint density at radius 3 is 2.75 bits per heavy atom. The molecule has 0 radical (unpaired) electrons. The van der Waals surface area contributed by atoms with Gasteiger partial charge in [-0.15, -0.1) is 0 Å². The summed E-state index contributed by atoms with van der Waals surface area (Å²) in [5.74, 6) is -0.436. The molecule has 88 valence electrons. The third-order valence-electron chi connectivity index (χ3n) is 2.48. The third kappa shape index (κ3) is 3.28. The van der Waals surface area contributed by atoms with Crippen LogP contribution in [0.2, 0.25) is 0 Å². The molecular weight excluding hydrogens is 240 g/mol. The number of hydrogen-bond donors (Lipinski definition) is 2. The Balaban J connectivity index is 2.52. The maximum atomic E-state index is 11.7. The Morgan fingerprint density at radius 1 is 1.62 bits per heavy atom. The van der Waals surface area contributed by atoms with E-state index in [9.17, 15) is 4.79 Å². The predicted octanol–water partition coefficient (Wildman–Crippen LogP) is 1.99. The smallest absolute Gasteiger partial charge is 0.230 e. The highest BCUT2D eigenvalue weighted by Gasteiger charge is 2.18. The Morgan fingerprint density at radius 2 is 2.31 bits per heavy atom. The van der Waals surface area contributed by atoms with E-state index in [1.54, 1.807) is 11.3 Å². The van der Waals surface area contributed by atoms with Crippen molar-refractivity contribution in [3.63, 3.8) is 0 Å². The maximum absolute atomic E-state index is 11.7. The zero-order chi connectivity index (χ0) is 12.1.